The molecule has 0 spiro atoms. The third kappa shape index (κ3) is 3.50. The Morgan fingerprint density at radius 3 is 2.64 bits per heavy atom. The van der Waals surface area contributed by atoms with Crippen LogP contribution < -0.4 is 11.1 Å². The van der Waals surface area contributed by atoms with Gasteiger partial charge in [0, 0.05) is 18.5 Å². The number of benzene rings is 1. The molecule has 4 nitrogen and oxygen atoms in total. The van der Waals surface area contributed by atoms with Crippen LogP contribution in [0.15, 0.2) is 30.3 Å². The minimum atomic E-state index is -0.313. The lowest BCUT2D eigenvalue weighted by Gasteiger charge is -2.33. The van der Waals surface area contributed by atoms with Crippen LogP contribution in [0.25, 0.3) is 0 Å². The fourth-order valence-electron chi connectivity index (χ4n) is 3.75. The monoisotopic (exact) mass is 302 g/mol. The lowest BCUT2D eigenvalue weighted by atomic mass is 9.80. The standard InChI is InChI=1S/C18H26N2O2/c19-12-14-10-11-17(22-14)18(21)20-16-9-5-4-8-15(16)13-6-2-1-3-7-13/h1-3,6-7,14-17H,4-5,8-12,19H2,(H,20,21)/t14-,15?,16?,17+/m1/s1. The third-order valence-electron chi connectivity index (χ3n) is 4.98. The van der Waals surface area contributed by atoms with Gasteiger partial charge in [0.1, 0.15) is 6.10 Å². The molecule has 1 aromatic carbocycles. The Morgan fingerprint density at radius 2 is 1.91 bits per heavy atom. The number of nitrogens with two attached hydrogens (primary N) is 1. The Kier molecular flexibility index (Phi) is 5.11. The first kappa shape index (κ1) is 15.5. The fourth-order valence-corrected chi connectivity index (χ4v) is 3.75. The van der Waals surface area contributed by atoms with Crippen LogP contribution >= 0.6 is 0 Å². The molecular formula is C18H26N2O2. The number of amides is 1. The summed E-state index contributed by atoms with van der Waals surface area (Å²) in [5.74, 6) is 0.467. The van der Waals surface area contributed by atoms with Gasteiger partial charge in [-0.15, -0.1) is 0 Å². The van der Waals surface area contributed by atoms with Gasteiger partial charge in [0.2, 0.25) is 5.91 Å². The number of hydrogen-bond acceptors (Lipinski definition) is 3. The Morgan fingerprint density at radius 1 is 1.14 bits per heavy atom. The predicted molar refractivity (Wildman–Crippen MR) is 86.5 cm³/mol. The van der Waals surface area contributed by atoms with Gasteiger partial charge in [-0.25, -0.2) is 0 Å². The smallest absolute Gasteiger partial charge is 0.249 e. The highest BCUT2D eigenvalue weighted by molar-refractivity contribution is 5.81. The molecule has 3 N–H and O–H groups in total. The number of nitrogens with one attached hydrogen (secondary N) is 1. The molecule has 1 aliphatic heterocycles. The predicted octanol–water partition coefficient (Wildman–Crippen LogP) is 2.34. The highest BCUT2D eigenvalue weighted by atomic mass is 16.5. The molecule has 2 aliphatic rings. The molecule has 0 aromatic heterocycles. The third-order valence-corrected chi connectivity index (χ3v) is 4.98. The van der Waals surface area contributed by atoms with Crippen molar-refractivity contribution in [1.29, 1.82) is 0 Å². The van der Waals surface area contributed by atoms with Crippen molar-refractivity contribution in [2.75, 3.05) is 6.54 Å². The molecule has 22 heavy (non-hydrogen) atoms. The minimum absolute atomic E-state index is 0.0452. The molecule has 1 saturated carbocycles. The average molecular weight is 302 g/mol. The second-order valence-corrected chi connectivity index (χ2v) is 6.48. The zero-order chi connectivity index (χ0) is 15.4. The van der Waals surface area contributed by atoms with Gasteiger partial charge in [-0.2, -0.15) is 0 Å². The SMILES string of the molecule is NC[C@H]1CC[C@@H](C(=O)NC2CCCCC2c2ccccc2)O1. The summed E-state index contributed by atoms with van der Waals surface area (Å²) >= 11 is 0. The lowest BCUT2D eigenvalue weighted by molar-refractivity contribution is -0.132. The summed E-state index contributed by atoms with van der Waals surface area (Å²) < 4.78 is 5.72. The second-order valence-electron chi connectivity index (χ2n) is 6.48. The number of carbonyl (C=O) groups excluding carboxylic acids is 1. The van der Waals surface area contributed by atoms with E-state index in [4.69, 9.17) is 10.5 Å². The van der Waals surface area contributed by atoms with Gasteiger partial charge >= 0.3 is 0 Å². The molecule has 4 atom stereocenters. The molecule has 1 aromatic rings. The summed E-state index contributed by atoms with van der Waals surface area (Å²) in [5, 5.41) is 3.25. The van der Waals surface area contributed by atoms with Crippen molar-refractivity contribution >= 4 is 5.91 Å². The fraction of sp³-hybridized carbons (Fsp3) is 0.611. The molecule has 4 heteroatoms. The Bertz CT molecular complexity index is 491. The number of hydrogen-bond donors (Lipinski definition) is 2. The van der Waals surface area contributed by atoms with Crippen molar-refractivity contribution in [3.05, 3.63) is 35.9 Å². The lowest BCUT2D eigenvalue weighted by Crippen LogP contribution is -2.45. The molecule has 1 saturated heterocycles. The summed E-state index contributed by atoms with van der Waals surface area (Å²) in [6, 6.07) is 10.8. The molecule has 0 bridgehead atoms. The van der Waals surface area contributed by atoms with Gasteiger partial charge in [0.15, 0.2) is 0 Å². The Labute approximate surface area is 132 Å². The molecule has 120 valence electrons. The Hall–Kier alpha value is -1.39. The normalized spacial score (nSPS) is 31.9. The molecule has 2 unspecified atom stereocenters. The van der Waals surface area contributed by atoms with Crippen molar-refractivity contribution in [3.8, 4) is 0 Å². The molecule has 3 rings (SSSR count). The maximum absolute atomic E-state index is 12.5. The van der Waals surface area contributed by atoms with Crippen LogP contribution in [0.4, 0.5) is 0 Å². The maximum Gasteiger partial charge on any atom is 0.249 e. The topological polar surface area (TPSA) is 64.4 Å². The van der Waals surface area contributed by atoms with Gasteiger partial charge in [0.05, 0.1) is 6.10 Å². The van der Waals surface area contributed by atoms with E-state index < -0.39 is 0 Å². The van der Waals surface area contributed by atoms with Gasteiger partial charge in [-0.05, 0) is 31.2 Å². The molecule has 1 aliphatic carbocycles. The zero-order valence-corrected chi connectivity index (χ0v) is 13.0. The van der Waals surface area contributed by atoms with Crippen LogP contribution in [0.1, 0.15) is 50.0 Å². The van der Waals surface area contributed by atoms with Crippen LogP contribution in [0.5, 0.6) is 0 Å². The van der Waals surface area contributed by atoms with E-state index in [0.717, 1.165) is 25.7 Å². The number of rotatable bonds is 4. The summed E-state index contributed by atoms with van der Waals surface area (Å²) in [7, 11) is 0. The van der Waals surface area contributed by atoms with Crippen LogP contribution in [0, 0.1) is 0 Å². The first-order valence-corrected chi connectivity index (χ1v) is 8.49. The van der Waals surface area contributed by atoms with Crippen molar-refractivity contribution in [2.24, 2.45) is 5.73 Å². The molecule has 1 heterocycles. The van der Waals surface area contributed by atoms with Crippen molar-refractivity contribution in [3.63, 3.8) is 0 Å². The van der Waals surface area contributed by atoms with Crippen LogP contribution in [0.3, 0.4) is 0 Å². The van der Waals surface area contributed by atoms with E-state index in [1.165, 1.54) is 18.4 Å². The molecule has 2 fully saturated rings. The number of ether oxygens (including phenoxy) is 1. The summed E-state index contributed by atoms with van der Waals surface area (Å²) in [6.45, 7) is 0.500. The average Bonchev–Trinajstić information content (AvgIpc) is 3.05. The first-order chi connectivity index (χ1) is 10.8. The zero-order valence-electron chi connectivity index (χ0n) is 13.0. The van der Waals surface area contributed by atoms with E-state index in [2.05, 4.69) is 29.6 Å². The first-order valence-electron chi connectivity index (χ1n) is 8.49. The van der Waals surface area contributed by atoms with Gasteiger partial charge < -0.3 is 15.8 Å². The largest absolute Gasteiger partial charge is 0.364 e. The minimum Gasteiger partial charge on any atom is -0.364 e. The molecule has 1 amide bonds. The van der Waals surface area contributed by atoms with Crippen molar-refractivity contribution in [2.45, 2.75) is 62.7 Å². The second kappa shape index (κ2) is 7.25. The van der Waals surface area contributed by atoms with E-state index in [1.54, 1.807) is 0 Å². The maximum atomic E-state index is 12.5. The van der Waals surface area contributed by atoms with Crippen LogP contribution in [-0.2, 0) is 9.53 Å². The van der Waals surface area contributed by atoms with Crippen LogP contribution in [-0.4, -0.2) is 30.7 Å². The van der Waals surface area contributed by atoms with Crippen molar-refractivity contribution < 1.29 is 9.53 Å². The van der Waals surface area contributed by atoms with Gasteiger partial charge in [0.25, 0.3) is 0 Å². The number of carbonyl (C=O) groups is 1. The summed E-state index contributed by atoms with van der Waals surface area (Å²) in [5.41, 5.74) is 6.95. The van der Waals surface area contributed by atoms with Gasteiger partial charge in [-0.3, -0.25) is 4.79 Å². The van der Waals surface area contributed by atoms with Crippen molar-refractivity contribution in [1.82, 2.24) is 5.32 Å². The molecule has 0 radical (unpaired) electrons. The molecular weight excluding hydrogens is 276 g/mol. The highest BCUT2D eigenvalue weighted by Gasteiger charge is 2.33. The van der Waals surface area contributed by atoms with E-state index >= 15 is 0 Å². The van der Waals surface area contributed by atoms with E-state index in [0.29, 0.717) is 12.5 Å². The van der Waals surface area contributed by atoms with Gasteiger partial charge in [-0.1, -0.05) is 43.2 Å². The van der Waals surface area contributed by atoms with E-state index in [-0.39, 0.29) is 24.2 Å². The van der Waals surface area contributed by atoms with E-state index in [9.17, 15) is 4.79 Å². The quantitative estimate of drug-likeness (QED) is 0.897. The summed E-state index contributed by atoms with van der Waals surface area (Å²) in [6.07, 6.45) is 6.04. The summed E-state index contributed by atoms with van der Waals surface area (Å²) in [4.78, 5) is 12.5. The van der Waals surface area contributed by atoms with Crippen LogP contribution in [0.2, 0.25) is 0 Å². The van der Waals surface area contributed by atoms with E-state index in [1.807, 2.05) is 6.07 Å². The highest BCUT2D eigenvalue weighted by Crippen LogP contribution is 2.33. The Balaban J connectivity index is 1.63.